The predicted molar refractivity (Wildman–Crippen MR) is 132 cm³/mol. The molecule has 35 heavy (non-hydrogen) atoms. The lowest BCUT2D eigenvalue weighted by molar-refractivity contribution is -0.132. The second kappa shape index (κ2) is 11.8. The number of carbonyl (C=O) groups excluding carboxylic acids is 2. The highest BCUT2D eigenvalue weighted by Gasteiger charge is 2.34. The maximum Gasteiger partial charge on any atom is 0.259 e. The third-order valence-electron chi connectivity index (χ3n) is 5.88. The summed E-state index contributed by atoms with van der Waals surface area (Å²) < 4.78 is 6.24. The highest BCUT2D eigenvalue weighted by molar-refractivity contribution is 5.97. The largest absolute Gasteiger partial charge is 0.472 e. The van der Waals surface area contributed by atoms with Crippen molar-refractivity contribution in [1.82, 2.24) is 24.7 Å². The van der Waals surface area contributed by atoms with E-state index in [0.717, 1.165) is 5.56 Å². The zero-order valence-corrected chi connectivity index (χ0v) is 20.9. The van der Waals surface area contributed by atoms with Crippen LogP contribution in [0.5, 0.6) is 5.88 Å². The van der Waals surface area contributed by atoms with Crippen molar-refractivity contribution in [3.05, 3.63) is 53.5 Å². The average molecular weight is 480 g/mol. The van der Waals surface area contributed by atoms with E-state index in [9.17, 15) is 14.7 Å². The number of carbonyl (C=O) groups is 2. The molecule has 3 atom stereocenters. The first-order valence-corrected chi connectivity index (χ1v) is 11.6. The fourth-order valence-electron chi connectivity index (χ4n) is 3.73. The van der Waals surface area contributed by atoms with Crippen LogP contribution in [0.25, 0.3) is 0 Å². The first-order chi connectivity index (χ1) is 16.7. The Labute approximate surface area is 206 Å². The molecule has 186 valence electrons. The molecule has 2 aromatic rings. The van der Waals surface area contributed by atoms with E-state index in [-0.39, 0.29) is 42.3 Å². The average Bonchev–Trinajstić information content (AvgIpc) is 2.84. The number of aliphatic hydroxyl groups excluding tert-OH is 1. The summed E-state index contributed by atoms with van der Waals surface area (Å²) in [6, 6.07) is 4.88. The Morgan fingerprint density at radius 2 is 1.94 bits per heavy atom. The summed E-state index contributed by atoms with van der Waals surface area (Å²) in [6.07, 6.45) is 4.50. The first kappa shape index (κ1) is 26.1. The molecular weight excluding hydrogens is 446 g/mol. The Morgan fingerprint density at radius 1 is 1.26 bits per heavy atom. The minimum atomic E-state index is -0.396. The second-order valence-corrected chi connectivity index (χ2v) is 9.20. The fourth-order valence-corrected chi connectivity index (χ4v) is 3.73. The molecule has 0 unspecified atom stereocenters. The van der Waals surface area contributed by atoms with Gasteiger partial charge in [0.05, 0.1) is 25.7 Å². The van der Waals surface area contributed by atoms with Gasteiger partial charge in [-0.1, -0.05) is 18.8 Å². The van der Waals surface area contributed by atoms with Crippen LogP contribution in [0.1, 0.15) is 35.3 Å². The monoisotopic (exact) mass is 479 g/mol. The minimum absolute atomic E-state index is 0.0283. The number of hydrogen-bond donors (Lipinski definition) is 1. The van der Waals surface area contributed by atoms with Gasteiger partial charge in [0.1, 0.15) is 11.7 Å². The molecule has 0 fully saturated rings. The molecule has 9 heteroatoms. The topological polar surface area (TPSA) is 99.1 Å². The summed E-state index contributed by atoms with van der Waals surface area (Å²) in [5, 5.41) is 9.81. The number of ether oxygens (including phenoxy) is 1. The van der Waals surface area contributed by atoms with E-state index < -0.39 is 12.1 Å². The van der Waals surface area contributed by atoms with Gasteiger partial charge in [-0.3, -0.25) is 14.6 Å². The normalized spacial score (nSPS) is 18.5. The van der Waals surface area contributed by atoms with Crippen LogP contribution >= 0.6 is 0 Å². The number of nitrogens with zero attached hydrogens (tertiary/aromatic N) is 5. The molecule has 1 aliphatic heterocycles. The zero-order chi connectivity index (χ0) is 25.5. The summed E-state index contributed by atoms with van der Waals surface area (Å²) in [6.45, 7) is 4.60. The van der Waals surface area contributed by atoms with Gasteiger partial charge >= 0.3 is 0 Å². The van der Waals surface area contributed by atoms with Crippen LogP contribution in [0.4, 0.5) is 0 Å². The Kier molecular flexibility index (Phi) is 8.79. The Balaban J connectivity index is 1.95. The lowest BCUT2D eigenvalue weighted by atomic mass is 10.00. The lowest BCUT2D eigenvalue weighted by Crippen LogP contribution is -2.51. The van der Waals surface area contributed by atoms with E-state index in [0.29, 0.717) is 18.7 Å². The molecule has 3 rings (SSSR count). The summed E-state index contributed by atoms with van der Waals surface area (Å²) in [4.78, 5) is 39.5. The number of likely N-dealkylation sites (N-methyl/N-ethyl adjacent to an activating group) is 2. The third kappa shape index (κ3) is 6.78. The first-order valence-electron chi connectivity index (χ1n) is 11.6. The number of aromatic nitrogens is 2. The van der Waals surface area contributed by atoms with E-state index in [2.05, 4.69) is 21.8 Å². The van der Waals surface area contributed by atoms with Gasteiger partial charge in [-0.25, -0.2) is 4.98 Å². The maximum atomic E-state index is 13.5. The standard InChI is InChI=1S/C26H33N5O4/c1-18-14-31(19(2)17-32)26(34)22-12-21(7-6-20-8-10-27-11-9-20)13-28-25(22)35-23(18)15-30(5)24(33)16-29(3)4/h8-13,18-19,23,32H,14-17H2,1-5H3/t18-,19+,23+/m0/s1. The van der Waals surface area contributed by atoms with Crippen LogP contribution in [0.15, 0.2) is 36.8 Å². The quantitative estimate of drug-likeness (QED) is 0.620. The molecular formula is C26H33N5O4. The maximum absolute atomic E-state index is 13.5. The lowest BCUT2D eigenvalue weighted by Gasteiger charge is -2.37. The molecule has 0 radical (unpaired) electrons. The molecule has 0 saturated heterocycles. The molecule has 0 bridgehead atoms. The smallest absolute Gasteiger partial charge is 0.259 e. The van der Waals surface area contributed by atoms with Crippen molar-refractivity contribution in [2.24, 2.45) is 5.92 Å². The zero-order valence-electron chi connectivity index (χ0n) is 20.9. The van der Waals surface area contributed by atoms with E-state index in [1.807, 2.05) is 25.9 Å². The molecule has 0 saturated carbocycles. The van der Waals surface area contributed by atoms with E-state index in [4.69, 9.17) is 4.74 Å². The Morgan fingerprint density at radius 3 is 2.60 bits per heavy atom. The Hall–Kier alpha value is -3.48. The van der Waals surface area contributed by atoms with E-state index >= 15 is 0 Å². The number of pyridine rings is 2. The van der Waals surface area contributed by atoms with Crippen molar-refractivity contribution in [2.45, 2.75) is 26.0 Å². The third-order valence-corrected chi connectivity index (χ3v) is 5.88. The summed E-state index contributed by atoms with van der Waals surface area (Å²) >= 11 is 0. The van der Waals surface area contributed by atoms with Crippen molar-refractivity contribution < 1.29 is 19.4 Å². The van der Waals surface area contributed by atoms with Gasteiger partial charge in [-0.2, -0.15) is 0 Å². The van der Waals surface area contributed by atoms with Crippen molar-refractivity contribution in [2.75, 3.05) is 47.4 Å². The van der Waals surface area contributed by atoms with Gasteiger partial charge in [-0.15, -0.1) is 0 Å². The fraction of sp³-hybridized carbons (Fsp3) is 0.462. The van der Waals surface area contributed by atoms with Crippen LogP contribution in [0, 0.1) is 17.8 Å². The summed E-state index contributed by atoms with van der Waals surface area (Å²) in [7, 11) is 5.43. The number of amides is 2. The van der Waals surface area contributed by atoms with Crippen molar-refractivity contribution >= 4 is 11.8 Å². The van der Waals surface area contributed by atoms with Gasteiger partial charge in [0.25, 0.3) is 5.91 Å². The molecule has 3 heterocycles. The van der Waals surface area contributed by atoms with E-state index in [1.165, 1.54) is 0 Å². The number of aliphatic hydroxyl groups is 1. The number of fused-ring (bicyclic) bond motifs is 1. The van der Waals surface area contributed by atoms with Gasteiger partial charge in [0.15, 0.2) is 0 Å². The van der Waals surface area contributed by atoms with Crippen LogP contribution in [-0.4, -0.2) is 101 Å². The minimum Gasteiger partial charge on any atom is -0.472 e. The highest BCUT2D eigenvalue weighted by atomic mass is 16.5. The SMILES string of the molecule is C[C@H](CO)N1C[C@H](C)[C@@H](CN(C)C(=O)CN(C)C)Oc2ncc(C#Cc3ccncc3)cc2C1=O. The van der Waals surface area contributed by atoms with Crippen molar-refractivity contribution in [3.63, 3.8) is 0 Å². The molecule has 0 aromatic carbocycles. The summed E-state index contributed by atoms with van der Waals surface area (Å²) in [5.41, 5.74) is 1.65. The Bertz CT molecular complexity index is 1100. The number of hydrogen-bond acceptors (Lipinski definition) is 7. The van der Waals surface area contributed by atoms with Crippen LogP contribution in [-0.2, 0) is 4.79 Å². The summed E-state index contributed by atoms with van der Waals surface area (Å²) in [5.74, 6) is 5.87. The van der Waals surface area contributed by atoms with Crippen LogP contribution in [0.3, 0.4) is 0 Å². The second-order valence-electron chi connectivity index (χ2n) is 9.20. The molecule has 1 N–H and O–H groups in total. The van der Waals surface area contributed by atoms with Gasteiger partial charge < -0.3 is 24.5 Å². The van der Waals surface area contributed by atoms with Gasteiger partial charge in [0, 0.05) is 49.2 Å². The molecule has 0 aliphatic carbocycles. The van der Waals surface area contributed by atoms with E-state index in [1.54, 1.807) is 60.6 Å². The van der Waals surface area contributed by atoms with Crippen molar-refractivity contribution in [1.29, 1.82) is 0 Å². The van der Waals surface area contributed by atoms with Crippen molar-refractivity contribution in [3.8, 4) is 17.7 Å². The highest BCUT2D eigenvalue weighted by Crippen LogP contribution is 2.27. The van der Waals surface area contributed by atoms with Crippen LogP contribution in [0.2, 0.25) is 0 Å². The molecule has 2 amide bonds. The molecule has 9 nitrogen and oxygen atoms in total. The molecule has 0 spiro atoms. The predicted octanol–water partition coefficient (Wildman–Crippen LogP) is 1.12. The molecule has 1 aliphatic rings. The van der Waals surface area contributed by atoms with Gasteiger partial charge in [-0.05, 0) is 39.2 Å². The number of rotatable bonds is 6. The van der Waals surface area contributed by atoms with Gasteiger partial charge in [0.2, 0.25) is 11.8 Å². The van der Waals surface area contributed by atoms with Crippen LogP contribution < -0.4 is 4.74 Å². The molecule has 2 aromatic heterocycles.